The number of methoxy groups -OCH3 is 1. The largest absolute Gasteiger partial charge is 0.496 e. The van der Waals surface area contributed by atoms with Gasteiger partial charge in [0.05, 0.1) is 7.11 Å². The molecular formula is C17H20ClNOS. The van der Waals surface area contributed by atoms with Gasteiger partial charge in [0.15, 0.2) is 0 Å². The number of ether oxygens (including phenoxy) is 1. The van der Waals surface area contributed by atoms with Gasteiger partial charge in [0.25, 0.3) is 0 Å². The molecule has 112 valence electrons. The fourth-order valence-corrected chi connectivity index (χ4v) is 3.22. The number of hydrogen-bond acceptors (Lipinski definition) is 3. The summed E-state index contributed by atoms with van der Waals surface area (Å²) in [5.74, 6) is 2.64. The standard InChI is InChI=1S/C17H20ClNOS/c1-12-3-8-17(20-2)15(9-12)16(19)11-21-10-13-4-6-14(18)7-5-13/h3-9,16H,10-11,19H2,1-2H3. The first-order valence-electron chi connectivity index (χ1n) is 6.82. The molecule has 1 atom stereocenters. The van der Waals surface area contributed by atoms with Crippen LogP contribution in [0, 0.1) is 6.92 Å². The molecular weight excluding hydrogens is 302 g/mol. The Bertz CT molecular complexity index is 586. The predicted molar refractivity (Wildman–Crippen MR) is 92.3 cm³/mol. The van der Waals surface area contributed by atoms with E-state index in [9.17, 15) is 0 Å². The Morgan fingerprint density at radius 1 is 1.19 bits per heavy atom. The van der Waals surface area contributed by atoms with Gasteiger partial charge in [0.2, 0.25) is 0 Å². The van der Waals surface area contributed by atoms with E-state index >= 15 is 0 Å². The molecule has 0 saturated carbocycles. The molecule has 0 heterocycles. The molecule has 21 heavy (non-hydrogen) atoms. The molecule has 2 N–H and O–H groups in total. The lowest BCUT2D eigenvalue weighted by atomic mass is 10.1. The first kappa shape index (κ1) is 16.2. The summed E-state index contributed by atoms with van der Waals surface area (Å²) in [7, 11) is 1.68. The minimum absolute atomic E-state index is 0.0304. The van der Waals surface area contributed by atoms with E-state index < -0.39 is 0 Å². The number of benzene rings is 2. The van der Waals surface area contributed by atoms with Crippen LogP contribution in [0.5, 0.6) is 5.75 Å². The summed E-state index contributed by atoms with van der Waals surface area (Å²) >= 11 is 7.70. The maximum absolute atomic E-state index is 6.31. The third-order valence-corrected chi connectivity index (χ3v) is 4.65. The first-order chi connectivity index (χ1) is 10.1. The fourth-order valence-electron chi connectivity index (χ4n) is 2.12. The van der Waals surface area contributed by atoms with Crippen molar-refractivity contribution in [3.05, 3.63) is 64.2 Å². The number of nitrogens with two attached hydrogens (primary N) is 1. The number of rotatable bonds is 6. The normalized spacial score (nSPS) is 12.2. The van der Waals surface area contributed by atoms with Crippen molar-refractivity contribution in [3.8, 4) is 5.75 Å². The monoisotopic (exact) mass is 321 g/mol. The van der Waals surface area contributed by atoms with Crippen LogP contribution in [-0.4, -0.2) is 12.9 Å². The van der Waals surface area contributed by atoms with Gasteiger partial charge in [-0.25, -0.2) is 0 Å². The minimum Gasteiger partial charge on any atom is -0.496 e. The Morgan fingerprint density at radius 3 is 2.57 bits per heavy atom. The lowest BCUT2D eigenvalue weighted by molar-refractivity contribution is 0.407. The molecule has 0 amide bonds. The maximum atomic E-state index is 6.31. The van der Waals surface area contributed by atoms with E-state index in [1.165, 1.54) is 11.1 Å². The third-order valence-electron chi connectivity index (χ3n) is 3.26. The van der Waals surface area contributed by atoms with Gasteiger partial charge < -0.3 is 10.5 Å². The van der Waals surface area contributed by atoms with Crippen molar-refractivity contribution in [2.45, 2.75) is 18.7 Å². The molecule has 0 spiro atoms. The second-order valence-corrected chi connectivity index (χ2v) is 6.46. The molecule has 2 nitrogen and oxygen atoms in total. The van der Waals surface area contributed by atoms with Crippen LogP contribution in [0.1, 0.15) is 22.7 Å². The highest BCUT2D eigenvalue weighted by molar-refractivity contribution is 7.98. The molecule has 0 aliphatic heterocycles. The van der Waals surface area contributed by atoms with Crippen molar-refractivity contribution in [3.63, 3.8) is 0 Å². The van der Waals surface area contributed by atoms with Gasteiger partial charge in [-0.1, -0.05) is 41.4 Å². The zero-order valence-corrected chi connectivity index (χ0v) is 13.9. The van der Waals surface area contributed by atoms with Gasteiger partial charge >= 0.3 is 0 Å². The Hall–Kier alpha value is -1.16. The lowest BCUT2D eigenvalue weighted by Crippen LogP contribution is -2.14. The van der Waals surface area contributed by atoms with Crippen LogP contribution < -0.4 is 10.5 Å². The molecule has 0 bridgehead atoms. The van der Waals surface area contributed by atoms with Crippen LogP contribution in [0.25, 0.3) is 0 Å². The summed E-state index contributed by atoms with van der Waals surface area (Å²) in [6.07, 6.45) is 0. The Labute approximate surface area is 135 Å². The van der Waals surface area contributed by atoms with Crippen LogP contribution in [-0.2, 0) is 5.75 Å². The highest BCUT2D eigenvalue weighted by Gasteiger charge is 2.12. The van der Waals surface area contributed by atoms with Crippen molar-refractivity contribution >= 4 is 23.4 Å². The second-order valence-electron chi connectivity index (χ2n) is 4.99. The summed E-state index contributed by atoms with van der Waals surface area (Å²) in [6, 6.07) is 14.0. The molecule has 0 fully saturated rings. The number of aryl methyl sites for hydroxylation is 1. The zero-order chi connectivity index (χ0) is 15.2. The van der Waals surface area contributed by atoms with Crippen LogP contribution >= 0.6 is 23.4 Å². The van der Waals surface area contributed by atoms with Gasteiger partial charge in [-0.3, -0.25) is 0 Å². The summed E-state index contributed by atoms with van der Waals surface area (Å²) in [5.41, 5.74) is 9.83. The molecule has 0 aromatic heterocycles. The number of hydrogen-bond donors (Lipinski definition) is 1. The summed E-state index contributed by atoms with van der Waals surface area (Å²) in [6.45, 7) is 2.07. The number of thioether (sulfide) groups is 1. The van der Waals surface area contributed by atoms with E-state index in [4.69, 9.17) is 22.1 Å². The molecule has 0 aliphatic rings. The summed E-state index contributed by atoms with van der Waals surface area (Å²) < 4.78 is 5.40. The fraction of sp³-hybridized carbons (Fsp3) is 0.294. The maximum Gasteiger partial charge on any atom is 0.123 e. The molecule has 4 heteroatoms. The smallest absolute Gasteiger partial charge is 0.123 e. The van der Waals surface area contributed by atoms with E-state index in [1.54, 1.807) is 7.11 Å². The van der Waals surface area contributed by atoms with Crippen LogP contribution in [0.2, 0.25) is 5.02 Å². The van der Waals surface area contributed by atoms with Crippen molar-refractivity contribution in [2.24, 2.45) is 5.73 Å². The molecule has 2 aromatic carbocycles. The van der Waals surface area contributed by atoms with Gasteiger partial charge in [-0.15, -0.1) is 0 Å². The van der Waals surface area contributed by atoms with E-state index in [0.717, 1.165) is 27.8 Å². The van der Waals surface area contributed by atoms with Gasteiger partial charge in [0, 0.05) is 28.1 Å². The van der Waals surface area contributed by atoms with Crippen LogP contribution in [0.4, 0.5) is 0 Å². The molecule has 0 saturated heterocycles. The van der Waals surface area contributed by atoms with E-state index in [1.807, 2.05) is 48.2 Å². The first-order valence-corrected chi connectivity index (χ1v) is 8.35. The van der Waals surface area contributed by atoms with Crippen LogP contribution in [0.15, 0.2) is 42.5 Å². The second kappa shape index (κ2) is 7.74. The van der Waals surface area contributed by atoms with Crippen LogP contribution in [0.3, 0.4) is 0 Å². The van der Waals surface area contributed by atoms with Crippen molar-refractivity contribution in [1.82, 2.24) is 0 Å². The van der Waals surface area contributed by atoms with Crippen molar-refractivity contribution in [2.75, 3.05) is 12.9 Å². The molecule has 0 aliphatic carbocycles. The predicted octanol–water partition coefficient (Wildman–Crippen LogP) is 4.59. The SMILES string of the molecule is COc1ccc(C)cc1C(N)CSCc1ccc(Cl)cc1. The highest BCUT2D eigenvalue weighted by atomic mass is 35.5. The quantitative estimate of drug-likeness (QED) is 0.845. The minimum atomic E-state index is -0.0304. The third kappa shape index (κ3) is 4.67. The van der Waals surface area contributed by atoms with Crippen molar-refractivity contribution in [1.29, 1.82) is 0 Å². The summed E-state index contributed by atoms with van der Waals surface area (Å²) in [4.78, 5) is 0. The zero-order valence-electron chi connectivity index (χ0n) is 12.3. The van der Waals surface area contributed by atoms with E-state index in [2.05, 4.69) is 13.0 Å². The van der Waals surface area contributed by atoms with Crippen molar-refractivity contribution < 1.29 is 4.74 Å². The Kier molecular flexibility index (Phi) is 5.97. The van der Waals surface area contributed by atoms with E-state index in [-0.39, 0.29) is 6.04 Å². The molecule has 2 rings (SSSR count). The molecule has 0 radical (unpaired) electrons. The summed E-state index contributed by atoms with van der Waals surface area (Å²) in [5, 5.41) is 0.768. The van der Waals surface area contributed by atoms with Gasteiger partial charge in [-0.05, 0) is 30.7 Å². The number of halogens is 1. The molecule has 1 unspecified atom stereocenters. The average molecular weight is 322 g/mol. The average Bonchev–Trinajstić information content (AvgIpc) is 2.49. The van der Waals surface area contributed by atoms with Gasteiger partial charge in [0.1, 0.15) is 5.75 Å². The Morgan fingerprint density at radius 2 is 1.90 bits per heavy atom. The Balaban J connectivity index is 1.94. The molecule has 2 aromatic rings. The van der Waals surface area contributed by atoms with Gasteiger partial charge in [-0.2, -0.15) is 11.8 Å². The topological polar surface area (TPSA) is 35.2 Å². The highest BCUT2D eigenvalue weighted by Crippen LogP contribution is 2.28. The lowest BCUT2D eigenvalue weighted by Gasteiger charge is -2.16. The van der Waals surface area contributed by atoms with E-state index in [0.29, 0.717) is 0 Å².